The molecule has 2 rings (SSSR count). The van der Waals surface area contributed by atoms with Crippen LogP contribution in [-0.2, 0) is 6.54 Å². The summed E-state index contributed by atoms with van der Waals surface area (Å²) in [4.78, 5) is 2.47. The summed E-state index contributed by atoms with van der Waals surface area (Å²) in [7, 11) is 0. The summed E-state index contributed by atoms with van der Waals surface area (Å²) in [6.45, 7) is 10.7. The molecule has 0 radical (unpaired) electrons. The van der Waals surface area contributed by atoms with Gasteiger partial charge < -0.3 is 9.73 Å². The maximum Gasteiger partial charge on any atom is 0.118 e. The van der Waals surface area contributed by atoms with Crippen molar-refractivity contribution in [1.82, 2.24) is 10.2 Å². The molecule has 1 aromatic rings. The first-order valence-electron chi connectivity index (χ1n) is 5.59. The Morgan fingerprint density at radius 3 is 2.87 bits per heavy atom. The predicted molar refractivity (Wildman–Crippen MR) is 60.8 cm³/mol. The molecule has 0 unspecified atom stereocenters. The van der Waals surface area contributed by atoms with Crippen molar-refractivity contribution < 1.29 is 4.42 Å². The molecule has 0 atom stereocenters. The van der Waals surface area contributed by atoms with Gasteiger partial charge in [0.15, 0.2) is 0 Å². The molecule has 1 aliphatic heterocycles. The van der Waals surface area contributed by atoms with Crippen molar-refractivity contribution in [3.8, 4) is 0 Å². The summed E-state index contributed by atoms with van der Waals surface area (Å²) in [6, 6.07) is 4.11. The van der Waals surface area contributed by atoms with Gasteiger partial charge in [-0.3, -0.25) is 4.90 Å². The number of piperazine rings is 1. The number of aryl methyl sites for hydroxylation is 1. The summed E-state index contributed by atoms with van der Waals surface area (Å²) in [5, 5.41) is 3.42. The zero-order chi connectivity index (χ0) is 10.9. The molecule has 1 N–H and O–H groups in total. The van der Waals surface area contributed by atoms with E-state index in [2.05, 4.69) is 30.1 Å². The lowest BCUT2D eigenvalue weighted by molar-refractivity contribution is 0.0751. The van der Waals surface area contributed by atoms with Crippen LogP contribution in [-0.4, -0.2) is 30.1 Å². The van der Waals surface area contributed by atoms with Crippen LogP contribution in [0.15, 0.2) is 16.5 Å². The summed E-state index contributed by atoms with van der Waals surface area (Å²) in [5.41, 5.74) is 0.221. The molecule has 1 aliphatic rings. The number of hydrogen-bond donors (Lipinski definition) is 1. The number of hydrogen-bond acceptors (Lipinski definition) is 3. The standard InChI is InChI=1S/C12H20N2O/c1-10-4-5-11(15-10)8-14-7-6-13-9-12(14,2)3/h4-5,13H,6-9H2,1-3H3. The van der Waals surface area contributed by atoms with E-state index in [0.717, 1.165) is 37.7 Å². The molecule has 0 amide bonds. The summed E-state index contributed by atoms with van der Waals surface area (Å²) in [5.74, 6) is 2.07. The monoisotopic (exact) mass is 208 g/mol. The van der Waals surface area contributed by atoms with Crippen molar-refractivity contribution in [2.24, 2.45) is 0 Å². The molecular weight excluding hydrogens is 188 g/mol. The summed E-state index contributed by atoms with van der Waals surface area (Å²) in [6.07, 6.45) is 0. The van der Waals surface area contributed by atoms with E-state index >= 15 is 0 Å². The van der Waals surface area contributed by atoms with Crippen LogP contribution in [0.1, 0.15) is 25.4 Å². The van der Waals surface area contributed by atoms with Crippen molar-refractivity contribution in [2.75, 3.05) is 19.6 Å². The normalized spacial score (nSPS) is 21.8. The van der Waals surface area contributed by atoms with Crippen LogP contribution in [0, 0.1) is 6.92 Å². The first-order valence-corrected chi connectivity index (χ1v) is 5.59. The van der Waals surface area contributed by atoms with Crippen molar-refractivity contribution in [1.29, 1.82) is 0 Å². The molecule has 15 heavy (non-hydrogen) atoms. The second kappa shape index (κ2) is 3.99. The first kappa shape index (κ1) is 10.7. The molecule has 84 valence electrons. The molecule has 1 saturated heterocycles. The van der Waals surface area contributed by atoms with Gasteiger partial charge >= 0.3 is 0 Å². The Hall–Kier alpha value is -0.800. The minimum absolute atomic E-state index is 0.221. The van der Waals surface area contributed by atoms with Gasteiger partial charge in [-0.2, -0.15) is 0 Å². The third kappa shape index (κ3) is 2.41. The van der Waals surface area contributed by atoms with Gasteiger partial charge in [0.2, 0.25) is 0 Å². The maximum atomic E-state index is 5.62. The Labute approximate surface area is 91.4 Å². The van der Waals surface area contributed by atoms with E-state index in [4.69, 9.17) is 4.42 Å². The highest BCUT2D eigenvalue weighted by Gasteiger charge is 2.29. The third-order valence-electron chi connectivity index (χ3n) is 3.11. The maximum absolute atomic E-state index is 5.62. The largest absolute Gasteiger partial charge is 0.465 e. The average molecular weight is 208 g/mol. The van der Waals surface area contributed by atoms with E-state index < -0.39 is 0 Å². The molecule has 3 heteroatoms. The van der Waals surface area contributed by atoms with Crippen molar-refractivity contribution >= 4 is 0 Å². The summed E-state index contributed by atoms with van der Waals surface area (Å²) >= 11 is 0. The fourth-order valence-electron chi connectivity index (χ4n) is 2.07. The Morgan fingerprint density at radius 1 is 1.47 bits per heavy atom. The van der Waals surface area contributed by atoms with Crippen LogP contribution in [0.2, 0.25) is 0 Å². The number of nitrogens with one attached hydrogen (secondary N) is 1. The fraction of sp³-hybridized carbons (Fsp3) is 0.667. The van der Waals surface area contributed by atoms with Crippen LogP contribution in [0.25, 0.3) is 0 Å². The van der Waals surface area contributed by atoms with Crippen LogP contribution in [0.4, 0.5) is 0 Å². The zero-order valence-corrected chi connectivity index (χ0v) is 9.84. The van der Waals surface area contributed by atoms with Gasteiger partial charge in [-0.15, -0.1) is 0 Å². The van der Waals surface area contributed by atoms with Gasteiger partial charge in [0, 0.05) is 25.2 Å². The molecule has 2 heterocycles. The van der Waals surface area contributed by atoms with E-state index in [0.29, 0.717) is 0 Å². The highest BCUT2D eigenvalue weighted by molar-refractivity contribution is 5.06. The third-order valence-corrected chi connectivity index (χ3v) is 3.11. The number of furan rings is 1. The topological polar surface area (TPSA) is 28.4 Å². The van der Waals surface area contributed by atoms with E-state index in [1.807, 2.05) is 13.0 Å². The highest BCUT2D eigenvalue weighted by Crippen LogP contribution is 2.20. The van der Waals surface area contributed by atoms with Crippen LogP contribution in [0.3, 0.4) is 0 Å². The molecule has 1 aromatic heterocycles. The van der Waals surface area contributed by atoms with Gasteiger partial charge in [0.1, 0.15) is 11.5 Å². The number of rotatable bonds is 2. The van der Waals surface area contributed by atoms with Gasteiger partial charge in [-0.1, -0.05) is 0 Å². The Kier molecular flexibility index (Phi) is 2.85. The van der Waals surface area contributed by atoms with E-state index in [9.17, 15) is 0 Å². The van der Waals surface area contributed by atoms with Gasteiger partial charge in [-0.25, -0.2) is 0 Å². The minimum atomic E-state index is 0.221. The SMILES string of the molecule is Cc1ccc(CN2CCNCC2(C)C)o1. The van der Waals surface area contributed by atoms with Crippen molar-refractivity contribution in [2.45, 2.75) is 32.9 Å². The Morgan fingerprint density at radius 2 is 2.27 bits per heavy atom. The lowest BCUT2D eigenvalue weighted by Gasteiger charge is -2.42. The Bertz CT molecular complexity index is 330. The molecular formula is C12H20N2O. The lowest BCUT2D eigenvalue weighted by Crippen LogP contribution is -2.57. The molecule has 0 aliphatic carbocycles. The lowest BCUT2D eigenvalue weighted by atomic mass is 10.00. The highest BCUT2D eigenvalue weighted by atomic mass is 16.3. The summed E-state index contributed by atoms with van der Waals surface area (Å²) < 4.78 is 5.62. The fourth-order valence-corrected chi connectivity index (χ4v) is 2.07. The van der Waals surface area contributed by atoms with E-state index in [-0.39, 0.29) is 5.54 Å². The van der Waals surface area contributed by atoms with E-state index in [1.165, 1.54) is 0 Å². The number of nitrogens with zero attached hydrogens (tertiary/aromatic N) is 1. The van der Waals surface area contributed by atoms with Crippen molar-refractivity contribution in [3.05, 3.63) is 23.7 Å². The molecule has 0 aromatic carbocycles. The van der Waals surface area contributed by atoms with Crippen LogP contribution >= 0.6 is 0 Å². The molecule has 0 saturated carbocycles. The second-order valence-corrected chi connectivity index (χ2v) is 4.92. The van der Waals surface area contributed by atoms with Gasteiger partial charge in [0.25, 0.3) is 0 Å². The molecule has 3 nitrogen and oxygen atoms in total. The Balaban J connectivity index is 2.04. The smallest absolute Gasteiger partial charge is 0.118 e. The zero-order valence-electron chi connectivity index (χ0n) is 9.84. The van der Waals surface area contributed by atoms with Crippen LogP contribution < -0.4 is 5.32 Å². The molecule has 1 fully saturated rings. The second-order valence-electron chi connectivity index (χ2n) is 4.92. The van der Waals surface area contributed by atoms with Crippen molar-refractivity contribution in [3.63, 3.8) is 0 Å². The van der Waals surface area contributed by atoms with Gasteiger partial charge in [0.05, 0.1) is 6.54 Å². The predicted octanol–water partition coefficient (Wildman–Crippen LogP) is 1.77. The first-order chi connectivity index (χ1) is 7.08. The quantitative estimate of drug-likeness (QED) is 0.803. The van der Waals surface area contributed by atoms with Gasteiger partial charge in [-0.05, 0) is 32.9 Å². The molecule has 0 spiro atoms. The molecule has 0 bridgehead atoms. The van der Waals surface area contributed by atoms with Crippen LogP contribution in [0.5, 0.6) is 0 Å². The minimum Gasteiger partial charge on any atom is -0.465 e. The average Bonchev–Trinajstić information content (AvgIpc) is 2.55. The van der Waals surface area contributed by atoms with E-state index in [1.54, 1.807) is 0 Å².